The number of methoxy groups -OCH3 is 1. The van der Waals surface area contributed by atoms with Crippen molar-refractivity contribution in [3.63, 3.8) is 0 Å². The van der Waals surface area contributed by atoms with Gasteiger partial charge in [-0.05, 0) is 35.7 Å². The molecule has 0 aliphatic carbocycles. The van der Waals surface area contributed by atoms with Crippen LogP contribution in [0.25, 0.3) is 0 Å². The van der Waals surface area contributed by atoms with Crippen molar-refractivity contribution in [1.82, 2.24) is 0 Å². The zero-order chi connectivity index (χ0) is 15.2. The highest BCUT2D eigenvalue weighted by molar-refractivity contribution is 5.93. The van der Waals surface area contributed by atoms with Gasteiger partial charge in [-0.2, -0.15) is 5.06 Å². The van der Waals surface area contributed by atoms with Crippen LogP contribution in [0.1, 0.15) is 18.1 Å². The molecule has 1 amide bonds. The number of ether oxygens (including phenoxy) is 1. The Labute approximate surface area is 124 Å². The Bertz CT molecular complexity index is 608. The third kappa shape index (κ3) is 3.61. The van der Waals surface area contributed by atoms with E-state index < -0.39 is 0 Å². The van der Waals surface area contributed by atoms with Crippen LogP contribution < -0.4 is 9.80 Å². The number of hydrogen-bond donors (Lipinski definition) is 1. The summed E-state index contributed by atoms with van der Waals surface area (Å²) in [6, 6.07) is 14.6. The van der Waals surface area contributed by atoms with E-state index in [0.29, 0.717) is 5.69 Å². The number of nitrogens with zero attached hydrogens (tertiary/aromatic N) is 1. The number of carbonyl (C=O) groups is 1. The summed E-state index contributed by atoms with van der Waals surface area (Å²) in [5.41, 5.74) is 2.30. The first-order valence-corrected chi connectivity index (χ1v) is 6.88. The van der Waals surface area contributed by atoms with Gasteiger partial charge in [-0.15, -0.1) is 0 Å². The monoisotopic (exact) mass is 285 g/mol. The van der Waals surface area contributed by atoms with Crippen LogP contribution in [0.4, 0.5) is 5.69 Å². The van der Waals surface area contributed by atoms with Crippen LogP contribution in [0.15, 0.2) is 48.5 Å². The van der Waals surface area contributed by atoms with Crippen molar-refractivity contribution in [1.29, 1.82) is 0 Å². The van der Waals surface area contributed by atoms with Gasteiger partial charge in [0.1, 0.15) is 5.75 Å². The van der Waals surface area contributed by atoms with Crippen molar-refractivity contribution >= 4 is 11.6 Å². The van der Waals surface area contributed by atoms with Crippen LogP contribution in [0.2, 0.25) is 0 Å². The van der Waals surface area contributed by atoms with Crippen LogP contribution >= 0.6 is 0 Å². The van der Waals surface area contributed by atoms with Gasteiger partial charge in [0.05, 0.1) is 19.2 Å². The summed E-state index contributed by atoms with van der Waals surface area (Å²) in [5, 5.41) is 10.9. The van der Waals surface area contributed by atoms with Gasteiger partial charge < -0.3 is 4.74 Å². The predicted molar refractivity (Wildman–Crippen MR) is 81.8 cm³/mol. The molecule has 2 rings (SSSR count). The van der Waals surface area contributed by atoms with E-state index in [9.17, 15) is 10.0 Å². The number of hydrogen-bond acceptors (Lipinski definition) is 3. The number of hydroxylamine groups is 1. The maximum Gasteiger partial charge on any atom is 0.255 e. The summed E-state index contributed by atoms with van der Waals surface area (Å²) in [4.78, 5) is 12.2. The molecule has 0 spiro atoms. The van der Waals surface area contributed by atoms with Crippen LogP contribution in [0, 0.1) is 0 Å². The number of anilines is 1. The Balaban J connectivity index is 2.11. The number of aryl methyl sites for hydroxylation is 1. The summed E-state index contributed by atoms with van der Waals surface area (Å²) < 4.78 is 5.08. The second-order valence-corrected chi connectivity index (χ2v) is 4.71. The normalized spacial score (nSPS) is 10.2. The molecule has 2 aromatic carbocycles. The summed E-state index contributed by atoms with van der Waals surface area (Å²) in [5.74, 6) is 0.379. The maximum atomic E-state index is 12.2. The Morgan fingerprint density at radius 1 is 1.14 bits per heavy atom. The Morgan fingerprint density at radius 3 is 2.43 bits per heavy atom. The van der Waals surface area contributed by atoms with Gasteiger partial charge >= 0.3 is 0 Å². The molecule has 0 saturated heterocycles. The third-order valence-electron chi connectivity index (χ3n) is 3.35. The fraction of sp³-hybridized carbons (Fsp3) is 0.235. The van der Waals surface area contributed by atoms with Gasteiger partial charge in [-0.25, -0.2) is 0 Å². The van der Waals surface area contributed by atoms with E-state index in [1.807, 2.05) is 31.2 Å². The van der Waals surface area contributed by atoms with Crippen LogP contribution in [0.3, 0.4) is 0 Å². The van der Waals surface area contributed by atoms with Gasteiger partial charge in [0.25, 0.3) is 5.91 Å². The summed E-state index contributed by atoms with van der Waals surface area (Å²) in [6.07, 6.45) is 0.890. The minimum atomic E-state index is -0.360. The van der Waals surface area contributed by atoms with E-state index in [-0.39, 0.29) is 12.3 Å². The molecule has 0 unspecified atom stereocenters. The highest BCUT2D eigenvalue weighted by Crippen LogP contribution is 2.20. The van der Waals surface area contributed by atoms with Gasteiger partial charge in [-0.3, -0.25) is 10.0 Å². The zero-order valence-electron chi connectivity index (χ0n) is 12.2. The molecule has 0 aromatic heterocycles. The maximum absolute atomic E-state index is 12.2. The second-order valence-electron chi connectivity index (χ2n) is 4.71. The molecule has 1 N–H and O–H groups in total. The van der Waals surface area contributed by atoms with E-state index in [2.05, 4.69) is 0 Å². The SMILES string of the molecule is CCc1ccccc1N(O)C(=O)Cc1ccc(OC)cc1. The fourth-order valence-corrected chi connectivity index (χ4v) is 2.14. The quantitative estimate of drug-likeness (QED) is 0.678. The number of amides is 1. The molecular formula is C17H19NO3. The smallest absolute Gasteiger partial charge is 0.255 e. The van der Waals surface area contributed by atoms with E-state index >= 15 is 0 Å². The number of para-hydroxylation sites is 1. The fourth-order valence-electron chi connectivity index (χ4n) is 2.14. The Hall–Kier alpha value is -2.33. The molecule has 21 heavy (non-hydrogen) atoms. The minimum Gasteiger partial charge on any atom is -0.497 e. The predicted octanol–water partition coefficient (Wildman–Crippen LogP) is 3.22. The van der Waals surface area contributed by atoms with Gasteiger partial charge in [0, 0.05) is 0 Å². The standard InChI is InChI=1S/C17H19NO3/c1-3-14-6-4-5-7-16(14)18(20)17(19)12-13-8-10-15(21-2)11-9-13/h4-11,20H,3,12H2,1-2H3. The molecule has 0 radical (unpaired) electrons. The molecule has 0 aliphatic rings. The first kappa shape index (κ1) is 15.1. The summed E-state index contributed by atoms with van der Waals surface area (Å²) >= 11 is 0. The van der Waals surface area contributed by atoms with Crippen LogP contribution in [-0.2, 0) is 17.6 Å². The number of carbonyl (C=O) groups excluding carboxylic acids is 1. The van der Waals surface area contributed by atoms with Gasteiger partial charge in [0.2, 0.25) is 0 Å². The summed E-state index contributed by atoms with van der Waals surface area (Å²) in [6.45, 7) is 1.99. The van der Waals surface area contributed by atoms with E-state index in [0.717, 1.165) is 28.4 Å². The van der Waals surface area contributed by atoms with Crippen LogP contribution in [0.5, 0.6) is 5.75 Å². The van der Waals surface area contributed by atoms with Gasteiger partial charge in [0.15, 0.2) is 0 Å². The summed E-state index contributed by atoms with van der Waals surface area (Å²) in [7, 11) is 1.59. The minimum absolute atomic E-state index is 0.137. The van der Waals surface area contributed by atoms with Crippen molar-refractivity contribution in [3.8, 4) is 5.75 Å². The lowest BCUT2D eigenvalue weighted by atomic mass is 10.1. The average Bonchev–Trinajstić information content (AvgIpc) is 2.54. The average molecular weight is 285 g/mol. The first-order valence-electron chi connectivity index (χ1n) is 6.88. The first-order chi connectivity index (χ1) is 10.2. The number of rotatable bonds is 5. The van der Waals surface area contributed by atoms with Crippen LogP contribution in [-0.4, -0.2) is 18.2 Å². The van der Waals surface area contributed by atoms with Gasteiger partial charge in [-0.1, -0.05) is 37.3 Å². The molecule has 110 valence electrons. The van der Waals surface area contributed by atoms with Crippen molar-refractivity contribution < 1.29 is 14.7 Å². The second kappa shape index (κ2) is 6.90. The molecule has 0 atom stereocenters. The molecule has 0 aliphatic heterocycles. The highest BCUT2D eigenvalue weighted by atomic mass is 16.5. The topological polar surface area (TPSA) is 49.8 Å². The van der Waals surface area contributed by atoms with E-state index in [4.69, 9.17) is 4.74 Å². The van der Waals surface area contributed by atoms with Crippen molar-refractivity contribution in [3.05, 3.63) is 59.7 Å². The lowest BCUT2D eigenvalue weighted by molar-refractivity contribution is -0.123. The molecule has 2 aromatic rings. The lowest BCUT2D eigenvalue weighted by Gasteiger charge is -2.18. The van der Waals surface area contributed by atoms with E-state index in [1.54, 1.807) is 31.4 Å². The third-order valence-corrected chi connectivity index (χ3v) is 3.35. The number of benzene rings is 2. The van der Waals surface area contributed by atoms with Crippen molar-refractivity contribution in [2.75, 3.05) is 12.2 Å². The molecule has 0 fully saturated rings. The Kier molecular flexibility index (Phi) is 4.95. The molecule has 0 heterocycles. The highest BCUT2D eigenvalue weighted by Gasteiger charge is 2.16. The molecule has 0 saturated carbocycles. The largest absolute Gasteiger partial charge is 0.497 e. The zero-order valence-corrected chi connectivity index (χ0v) is 12.2. The Morgan fingerprint density at radius 2 is 1.81 bits per heavy atom. The van der Waals surface area contributed by atoms with E-state index in [1.165, 1.54) is 0 Å². The molecule has 4 nitrogen and oxygen atoms in total. The van der Waals surface area contributed by atoms with Crippen molar-refractivity contribution in [2.45, 2.75) is 19.8 Å². The molecule has 0 bridgehead atoms. The molecule has 4 heteroatoms. The molecular weight excluding hydrogens is 266 g/mol. The lowest BCUT2D eigenvalue weighted by Crippen LogP contribution is -2.29. The van der Waals surface area contributed by atoms with Crippen molar-refractivity contribution in [2.24, 2.45) is 0 Å².